The topological polar surface area (TPSA) is 47.3 Å². The van der Waals surface area contributed by atoms with Gasteiger partial charge in [0.05, 0.1) is 6.61 Å². The molecule has 2 rings (SSSR count). The van der Waals surface area contributed by atoms with Crippen LogP contribution in [-0.2, 0) is 0 Å². The fraction of sp³-hybridized carbons (Fsp3) is 0.333. The van der Waals surface area contributed by atoms with Crippen molar-refractivity contribution in [3.05, 3.63) is 40.6 Å². The highest BCUT2D eigenvalue weighted by Gasteiger charge is 2.07. The summed E-state index contributed by atoms with van der Waals surface area (Å²) in [5.74, 6) is 0.821. The van der Waals surface area contributed by atoms with Gasteiger partial charge in [-0.2, -0.15) is 11.3 Å². The Balaban J connectivity index is 2.09. The fourth-order valence-electron chi connectivity index (χ4n) is 1.86. The molecule has 0 bridgehead atoms. The van der Waals surface area contributed by atoms with E-state index in [0.29, 0.717) is 12.3 Å². The molecule has 1 atom stereocenters. The largest absolute Gasteiger partial charge is 0.493 e. The van der Waals surface area contributed by atoms with Gasteiger partial charge in [-0.3, -0.25) is 0 Å². The van der Waals surface area contributed by atoms with Crippen LogP contribution in [0.3, 0.4) is 0 Å². The molecular formula is C15H20N2OS. The molecule has 2 aromatic rings. The zero-order chi connectivity index (χ0) is 13.7. The Kier molecular flexibility index (Phi) is 4.68. The number of rotatable bonds is 6. The van der Waals surface area contributed by atoms with Crippen molar-refractivity contribution >= 4 is 22.7 Å². The van der Waals surface area contributed by atoms with Gasteiger partial charge in [0.25, 0.3) is 0 Å². The second-order valence-corrected chi connectivity index (χ2v) is 5.34. The molecular weight excluding hydrogens is 256 g/mol. The lowest BCUT2D eigenvalue weighted by atomic mass is 10.1. The smallest absolute Gasteiger partial charge is 0.123 e. The van der Waals surface area contributed by atoms with Crippen LogP contribution in [0.2, 0.25) is 0 Å². The first-order valence-corrected chi connectivity index (χ1v) is 7.45. The summed E-state index contributed by atoms with van der Waals surface area (Å²) in [5.41, 5.74) is 8.90. The fourth-order valence-corrected chi connectivity index (χ4v) is 2.62. The Hall–Kier alpha value is -1.68. The van der Waals surface area contributed by atoms with Gasteiger partial charge >= 0.3 is 0 Å². The monoisotopic (exact) mass is 276 g/mol. The SMILES string of the molecule is CCCOc1cc(N)cc(NC(C)c2ccsc2)c1. The van der Waals surface area contributed by atoms with Gasteiger partial charge in [0.2, 0.25) is 0 Å². The Morgan fingerprint density at radius 1 is 1.37 bits per heavy atom. The second-order valence-electron chi connectivity index (χ2n) is 4.56. The molecule has 0 radical (unpaired) electrons. The van der Waals surface area contributed by atoms with Crippen molar-refractivity contribution in [1.82, 2.24) is 0 Å². The number of anilines is 2. The Labute approximate surface area is 118 Å². The Bertz CT molecular complexity index is 511. The number of ether oxygens (including phenoxy) is 1. The number of hydrogen-bond acceptors (Lipinski definition) is 4. The Morgan fingerprint density at radius 3 is 2.89 bits per heavy atom. The van der Waals surface area contributed by atoms with Crippen LogP contribution in [0.15, 0.2) is 35.0 Å². The van der Waals surface area contributed by atoms with Crippen LogP contribution in [0.25, 0.3) is 0 Å². The summed E-state index contributed by atoms with van der Waals surface area (Å²) >= 11 is 1.71. The van der Waals surface area contributed by atoms with Crippen LogP contribution in [0, 0.1) is 0 Å². The van der Waals surface area contributed by atoms with Crippen molar-refractivity contribution in [2.24, 2.45) is 0 Å². The maximum atomic E-state index is 5.91. The molecule has 19 heavy (non-hydrogen) atoms. The molecule has 0 aliphatic rings. The minimum Gasteiger partial charge on any atom is -0.493 e. The number of benzene rings is 1. The van der Waals surface area contributed by atoms with Crippen LogP contribution in [0.5, 0.6) is 5.75 Å². The predicted octanol–water partition coefficient (Wildman–Crippen LogP) is 4.29. The van der Waals surface area contributed by atoms with Crippen LogP contribution in [-0.4, -0.2) is 6.61 Å². The molecule has 3 nitrogen and oxygen atoms in total. The second kappa shape index (κ2) is 6.48. The lowest BCUT2D eigenvalue weighted by molar-refractivity contribution is 0.318. The number of nitrogens with one attached hydrogen (secondary N) is 1. The van der Waals surface area contributed by atoms with E-state index in [1.54, 1.807) is 11.3 Å². The zero-order valence-electron chi connectivity index (χ0n) is 11.3. The quantitative estimate of drug-likeness (QED) is 0.774. The summed E-state index contributed by atoms with van der Waals surface area (Å²) in [5, 5.41) is 7.69. The molecule has 0 spiro atoms. The van der Waals surface area contributed by atoms with Gasteiger partial charge in [0, 0.05) is 29.5 Å². The molecule has 0 aliphatic carbocycles. The van der Waals surface area contributed by atoms with Crippen molar-refractivity contribution in [1.29, 1.82) is 0 Å². The van der Waals surface area contributed by atoms with E-state index in [1.165, 1.54) is 5.56 Å². The number of hydrogen-bond donors (Lipinski definition) is 2. The van der Waals surface area contributed by atoms with E-state index in [-0.39, 0.29) is 6.04 Å². The van der Waals surface area contributed by atoms with Gasteiger partial charge in [0.15, 0.2) is 0 Å². The van der Waals surface area contributed by atoms with Gasteiger partial charge in [0.1, 0.15) is 5.75 Å². The summed E-state index contributed by atoms with van der Waals surface area (Å²) < 4.78 is 5.63. The van der Waals surface area contributed by atoms with Gasteiger partial charge < -0.3 is 15.8 Å². The summed E-state index contributed by atoms with van der Waals surface area (Å²) in [7, 11) is 0. The van der Waals surface area contributed by atoms with E-state index >= 15 is 0 Å². The number of nitrogens with two attached hydrogens (primary N) is 1. The highest BCUT2D eigenvalue weighted by Crippen LogP contribution is 2.27. The summed E-state index contributed by atoms with van der Waals surface area (Å²) in [4.78, 5) is 0. The Morgan fingerprint density at radius 2 is 2.21 bits per heavy atom. The van der Waals surface area contributed by atoms with Crippen molar-refractivity contribution in [2.75, 3.05) is 17.7 Å². The zero-order valence-corrected chi connectivity index (χ0v) is 12.2. The molecule has 0 fully saturated rings. The van der Waals surface area contributed by atoms with Gasteiger partial charge in [-0.1, -0.05) is 6.92 Å². The first-order valence-electron chi connectivity index (χ1n) is 6.51. The van der Waals surface area contributed by atoms with Gasteiger partial charge in [-0.25, -0.2) is 0 Å². The van der Waals surface area contributed by atoms with E-state index in [4.69, 9.17) is 10.5 Å². The van der Waals surface area contributed by atoms with E-state index in [1.807, 2.05) is 18.2 Å². The molecule has 1 heterocycles. The maximum Gasteiger partial charge on any atom is 0.123 e. The third-order valence-electron chi connectivity index (χ3n) is 2.83. The molecule has 3 N–H and O–H groups in total. The lowest BCUT2D eigenvalue weighted by Gasteiger charge is -2.16. The van der Waals surface area contributed by atoms with E-state index in [9.17, 15) is 0 Å². The normalized spacial score (nSPS) is 12.1. The highest BCUT2D eigenvalue weighted by molar-refractivity contribution is 7.07. The van der Waals surface area contributed by atoms with Crippen molar-refractivity contribution in [3.63, 3.8) is 0 Å². The molecule has 0 saturated heterocycles. The molecule has 1 aromatic carbocycles. The lowest BCUT2D eigenvalue weighted by Crippen LogP contribution is -2.06. The molecule has 1 aromatic heterocycles. The summed E-state index contributed by atoms with van der Waals surface area (Å²) in [6, 6.07) is 8.17. The van der Waals surface area contributed by atoms with Crippen LogP contribution < -0.4 is 15.8 Å². The summed E-state index contributed by atoms with van der Waals surface area (Å²) in [6.45, 7) is 4.94. The molecule has 0 aliphatic heterocycles. The maximum absolute atomic E-state index is 5.91. The molecule has 1 unspecified atom stereocenters. The van der Waals surface area contributed by atoms with E-state index in [2.05, 4.69) is 36.0 Å². The average Bonchev–Trinajstić information content (AvgIpc) is 2.89. The first-order chi connectivity index (χ1) is 9.19. The van der Waals surface area contributed by atoms with Gasteiger partial charge in [-0.05, 0) is 41.8 Å². The number of nitrogen functional groups attached to an aromatic ring is 1. The summed E-state index contributed by atoms with van der Waals surface area (Å²) in [6.07, 6.45) is 0.989. The molecule has 0 amide bonds. The standard InChI is InChI=1S/C15H20N2OS/c1-3-5-18-15-8-13(16)7-14(9-15)17-11(2)12-4-6-19-10-12/h4,6-11,17H,3,5,16H2,1-2H3. The van der Waals surface area contributed by atoms with Crippen LogP contribution in [0.4, 0.5) is 11.4 Å². The molecule has 102 valence electrons. The van der Waals surface area contributed by atoms with Crippen molar-refractivity contribution in [3.8, 4) is 5.75 Å². The predicted molar refractivity (Wildman–Crippen MR) is 83.0 cm³/mol. The van der Waals surface area contributed by atoms with Crippen LogP contribution in [0.1, 0.15) is 31.9 Å². The van der Waals surface area contributed by atoms with E-state index in [0.717, 1.165) is 17.9 Å². The third-order valence-corrected chi connectivity index (χ3v) is 3.53. The minimum absolute atomic E-state index is 0.257. The molecule has 0 saturated carbocycles. The third kappa shape index (κ3) is 3.89. The van der Waals surface area contributed by atoms with Crippen molar-refractivity contribution < 1.29 is 4.74 Å². The number of thiophene rings is 1. The first kappa shape index (κ1) is 13.7. The van der Waals surface area contributed by atoms with Crippen molar-refractivity contribution in [2.45, 2.75) is 26.3 Å². The minimum atomic E-state index is 0.257. The van der Waals surface area contributed by atoms with Gasteiger partial charge in [-0.15, -0.1) is 0 Å². The van der Waals surface area contributed by atoms with E-state index < -0.39 is 0 Å². The highest BCUT2D eigenvalue weighted by atomic mass is 32.1. The van der Waals surface area contributed by atoms with Crippen LogP contribution >= 0.6 is 11.3 Å². The molecule has 4 heteroatoms. The average molecular weight is 276 g/mol.